The maximum atomic E-state index is 13.4. The summed E-state index contributed by atoms with van der Waals surface area (Å²) < 4.78 is 31.4. The number of rotatable bonds is 2. The van der Waals surface area contributed by atoms with Gasteiger partial charge >= 0.3 is 6.09 Å². The molecule has 0 spiro atoms. The van der Waals surface area contributed by atoms with Gasteiger partial charge in [0.1, 0.15) is 17.4 Å². The summed E-state index contributed by atoms with van der Waals surface area (Å²) in [7, 11) is 0. The van der Waals surface area contributed by atoms with Crippen molar-refractivity contribution < 1.29 is 18.3 Å². The molecule has 6 heteroatoms. The fourth-order valence-electron chi connectivity index (χ4n) is 1.88. The first-order valence-electron chi connectivity index (χ1n) is 6.07. The lowest BCUT2D eigenvalue weighted by atomic mass is 10.1. The minimum atomic E-state index is -0.878. The molecule has 0 bridgehead atoms. The maximum Gasteiger partial charge on any atom is 0.417 e. The molecule has 0 aromatic heterocycles. The van der Waals surface area contributed by atoms with E-state index in [0.29, 0.717) is 28.0 Å². The van der Waals surface area contributed by atoms with Gasteiger partial charge in [0.15, 0.2) is 0 Å². The van der Waals surface area contributed by atoms with E-state index in [4.69, 9.17) is 16.3 Å². The van der Waals surface area contributed by atoms with Crippen molar-refractivity contribution in [3.63, 3.8) is 0 Å². The highest BCUT2D eigenvalue weighted by Gasteiger charge is 2.13. The highest BCUT2D eigenvalue weighted by Crippen LogP contribution is 2.27. The molecule has 0 radical (unpaired) electrons. The average molecular weight is 312 g/mol. The van der Waals surface area contributed by atoms with Crippen LogP contribution in [-0.2, 0) is 0 Å². The predicted molar refractivity (Wildman–Crippen MR) is 76.9 cm³/mol. The molecular formula is C15H12ClF2NO2. The summed E-state index contributed by atoms with van der Waals surface area (Å²) in [5.74, 6) is -1.26. The highest BCUT2D eigenvalue weighted by molar-refractivity contribution is 6.30. The first-order valence-corrected chi connectivity index (χ1v) is 6.45. The molecule has 2 aromatic carbocycles. The number of benzene rings is 2. The van der Waals surface area contributed by atoms with Crippen LogP contribution in [0.1, 0.15) is 11.1 Å². The van der Waals surface area contributed by atoms with Gasteiger partial charge in [0.2, 0.25) is 0 Å². The van der Waals surface area contributed by atoms with Crippen LogP contribution in [0.25, 0.3) is 0 Å². The van der Waals surface area contributed by atoms with Gasteiger partial charge in [-0.25, -0.2) is 13.6 Å². The Morgan fingerprint density at radius 2 is 1.76 bits per heavy atom. The third kappa shape index (κ3) is 3.70. The van der Waals surface area contributed by atoms with Gasteiger partial charge in [-0.05, 0) is 49.2 Å². The molecule has 0 aliphatic heterocycles. The zero-order valence-electron chi connectivity index (χ0n) is 11.3. The second-order valence-electron chi connectivity index (χ2n) is 4.51. The Morgan fingerprint density at radius 3 is 2.33 bits per heavy atom. The van der Waals surface area contributed by atoms with Gasteiger partial charge in [0.05, 0.1) is 5.69 Å². The quantitative estimate of drug-likeness (QED) is 0.861. The van der Waals surface area contributed by atoms with Crippen molar-refractivity contribution in [2.75, 3.05) is 5.32 Å². The molecule has 0 saturated carbocycles. The molecule has 21 heavy (non-hydrogen) atoms. The summed E-state index contributed by atoms with van der Waals surface area (Å²) in [4.78, 5) is 11.8. The van der Waals surface area contributed by atoms with E-state index in [-0.39, 0.29) is 5.69 Å². The van der Waals surface area contributed by atoms with Crippen LogP contribution in [0.2, 0.25) is 5.02 Å². The topological polar surface area (TPSA) is 38.3 Å². The third-order valence-corrected chi connectivity index (χ3v) is 3.01. The number of hydrogen-bond acceptors (Lipinski definition) is 2. The highest BCUT2D eigenvalue weighted by atomic mass is 35.5. The van der Waals surface area contributed by atoms with Gasteiger partial charge in [-0.1, -0.05) is 11.6 Å². The van der Waals surface area contributed by atoms with Crippen molar-refractivity contribution in [1.82, 2.24) is 0 Å². The Morgan fingerprint density at radius 1 is 1.14 bits per heavy atom. The molecule has 0 atom stereocenters. The van der Waals surface area contributed by atoms with Crippen LogP contribution in [0, 0.1) is 25.5 Å². The van der Waals surface area contributed by atoms with Crippen molar-refractivity contribution in [3.8, 4) is 5.75 Å². The zero-order chi connectivity index (χ0) is 15.6. The number of hydrogen-bond donors (Lipinski definition) is 1. The predicted octanol–water partition coefficient (Wildman–Crippen LogP) is 4.85. The first-order chi connectivity index (χ1) is 9.86. The van der Waals surface area contributed by atoms with Gasteiger partial charge in [-0.15, -0.1) is 0 Å². The molecule has 2 aromatic rings. The smallest absolute Gasteiger partial charge is 0.410 e. The lowest BCUT2D eigenvalue weighted by Crippen LogP contribution is -2.18. The Labute approximate surface area is 125 Å². The fraction of sp³-hybridized carbons (Fsp3) is 0.133. The van der Waals surface area contributed by atoms with Gasteiger partial charge in [0, 0.05) is 11.1 Å². The van der Waals surface area contributed by atoms with Crippen LogP contribution in [0.5, 0.6) is 5.75 Å². The summed E-state index contributed by atoms with van der Waals surface area (Å²) in [6, 6.07) is 6.13. The monoisotopic (exact) mass is 311 g/mol. The van der Waals surface area contributed by atoms with Gasteiger partial charge in [-0.2, -0.15) is 0 Å². The summed E-state index contributed by atoms with van der Waals surface area (Å²) in [6.07, 6.45) is -0.867. The van der Waals surface area contributed by atoms with E-state index in [2.05, 4.69) is 5.32 Å². The van der Waals surface area contributed by atoms with E-state index >= 15 is 0 Å². The van der Waals surface area contributed by atoms with Crippen molar-refractivity contribution in [2.24, 2.45) is 0 Å². The molecule has 0 heterocycles. The zero-order valence-corrected chi connectivity index (χ0v) is 12.1. The third-order valence-electron chi connectivity index (χ3n) is 2.79. The van der Waals surface area contributed by atoms with Crippen LogP contribution in [-0.4, -0.2) is 6.09 Å². The summed E-state index contributed by atoms with van der Waals surface area (Å²) in [5.41, 5.74) is 1.19. The van der Waals surface area contributed by atoms with E-state index in [0.717, 1.165) is 12.1 Å². The largest absolute Gasteiger partial charge is 0.417 e. The van der Waals surface area contributed by atoms with Crippen molar-refractivity contribution in [3.05, 3.63) is 58.1 Å². The Balaban J connectivity index is 2.16. The summed E-state index contributed by atoms with van der Waals surface area (Å²) in [5, 5.41) is 2.75. The number of ether oxygens (including phenoxy) is 1. The van der Waals surface area contributed by atoms with Crippen molar-refractivity contribution in [1.29, 1.82) is 0 Å². The van der Waals surface area contributed by atoms with E-state index in [1.807, 2.05) is 0 Å². The van der Waals surface area contributed by atoms with Crippen LogP contribution in [0.15, 0.2) is 30.3 Å². The second-order valence-corrected chi connectivity index (χ2v) is 4.94. The van der Waals surface area contributed by atoms with Crippen molar-refractivity contribution in [2.45, 2.75) is 13.8 Å². The van der Waals surface area contributed by atoms with Crippen molar-refractivity contribution >= 4 is 23.4 Å². The Bertz CT molecular complexity index is 681. The van der Waals surface area contributed by atoms with Gasteiger partial charge < -0.3 is 4.74 Å². The standard InChI is InChI=1S/C15H12ClF2NO2/c1-8-5-10(16)6-9(2)14(8)21-15(20)19-13-4-3-11(17)7-12(13)18/h3-7H,1-2H3,(H,19,20). The molecule has 110 valence electrons. The van der Waals surface area contributed by atoms with Crippen LogP contribution < -0.4 is 10.1 Å². The SMILES string of the molecule is Cc1cc(Cl)cc(C)c1OC(=O)Nc1ccc(F)cc1F. The van der Waals surface area contributed by atoms with Crippen LogP contribution in [0.4, 0.5) is 19.3 Å². The van der Waals surface area contributed by atoms with Gasteiger partial charge in [0.25, 0.3) is 0 Å². The number of nitrogens with one attached hydrogen (secondary N) is 1. The molecular weight excluding hydrogens is 300 g/mol. The molecule has 0 fully saturated rings. The number of amides is 1. The number of carbonyl (C=O) groups excluding carboxylic acids is 1. The molecule has 0 unspecified atom stereocenters. The van der Waals surface area contributed by atoms with E-state index in [1.54, 1.807) is 26.0 Å². The molecule has 0 aliphatic rings. The van der Waals surface area contributed by atoms with Crippen LogP contribution >= 0.6 is 11.6 Å². The minimum Gasteiger partial charge on any atom is -0.410 e. The Kier molecular flexibility index (Phi) is 4.43. The number of halogens is 3. The number of carbonyl (C=O) groups is 1. The van der Waals surface area contributed by atoms with Crippen LogP contribution in [0.3, 0.4) is 0 Å². The van der Waals surface area contributed by atoms with E-state index in [1.165, 1.54) is 0 Å². The number of aryl methyl sites for hydroxylation is 2. The fourth-order valence-corrected chi connectivity index (χ4v) is 2.20. The Hall–Kier alpha value is -2.14. The summed E-state index contributed by atoms with van der Waals surface area (Å²) >= 11 is 5.88. The molecule has 2 rings (SSSR count). The number of anilines is 1. The normalized spacial score (nSPS) is 10.3. The lowest BCUT2D eigenvalue weighted by Gasteiger charge is -2.12. The molecule has 1 amide bonds. The average Bonchev–Trinajstić information content (AvgIpc) is 2.37. The molecule has 3 nitrogen and oxygen atoms in total. The van der Waals surface area contributed by atoms with E-state index in [9.17, 15) is 13.6 Å². The molecule has 0 aliphatic carbocycles. The lowest BCUT2D eigenvalue weighted by molar-refractivity contribution is 0.214. The molecule has 0 saturated heterocycles. The second kappa shape index (κ2) is 6.10. The minimum absolute atomic E-state index is 0.161. The summed E-state index contributed by atoms with van der Waals surface area (Å²) in [6.45, 7) is 3.47. The van der Waals surface area contributed by atoms with Gasteiger partial charge in [-0.3, -0.25) is 5.32 Å². The molecule has 1 N–H and O–H groups in total. The maximum absolute atomic E-state index is 13.4. The first kappa shape index (κ1) is 15.3. The van der Waals surface area contributed by atoms with E-state index < -0.39 is 17.7 Å².